The predicted molar refractivity (Wildman–Crippen MR) is 123 cm³/mol. The number of hydrogen-bond donors (Lipinski definition) is 4. The molecular weight excluding hydrogens is 510 g/mol. The molecule has 4 N–H and O–H groups in total. The van der Waals surface area contributed by atoms with Gasteiger partial charge >= 0.3 is 23.9 Å². The van der Waals surface area contributed by atoms with E-state index >= 15 is 0 Å². The Bertz CT molecular complexity index is 1070. The molecule has 0 radical (unpaired) electrons. The van der Waals surface area contributed by atoms with Crippen LogP contribution in [0, 0.1) is 0 Å². The number of amides is 2. The topological polar surface area (TPSA) is 229 Å². The van der Waals surface area contributed by atoms with Gasteiger partial charge in [0.15, 0.2) is 0 Å². The molecule has 17 nitrogen and oxygen atoms in total. The lowest BCUT2D eigenvalue weighted by atomic mass is 10.4. The molecule has 17 heteroatoms. The summed E-state index contributed by atoms with van der Waals surface area (Å²) in [6.07, 6.45) is 5.82. The predicted octanol–water partition coefficient (Wildman–Crippen LogP) is -2.29. The van der Waals surface area contributed by atoms with Gasteiger partial charge in [-0.15, -0.1) is 0 Å². The van der Waals surface area contributed by atoms with Gasteiger partial charge in [0.1, 0.15) is 50.9 Å². The van der Waals surface area contributed by atoms with Gasteiger partial charge in [-0.3, -0.25) is 33.7 Å². The minimum Gasteiger partial charge on any atom is -0.480 e. The van der Waals surface area contributed by atoms with Crippen LogP contribution in [0.2, 0.25) is 0 Å². The van der Waals surface area contributed by atoms with Crippen molar-refractivity contribution in [3.63, 3.8) is 0 Å². The quantitative estimate of drug-likeness (QED) is 0.177. The summed E-state index contributed by atoms with van der Waals surface area (Å²) in [5.74, 6) is -6.04. The molecule has 2 aromatic heterocycles. The number of carbonyl (C=O) groups excluding carboxylic acids is 2. The van der Waals surface area contributed by atoms with Gasteiger partial charge in [-0.1, -0.05) is 0 Å². The van der Waals surface area contributed by atoms with Crippen molar-refractivity contribution in [2.24, 2.45) is 0 Å². The Morgan fingerprint density at radius 3 is 1.26 bits per heavy atom. The van der Waals surface area contributed by atoms with E-state index < -0.39 is 61.9 Å². The fraction of sp³-hybridized carbons (Fsp3) is 0.429. The molecule has 0 atom stereocenters. The maximum absolute atomic E-state index is 12.5. The number of carbonyl (C=O) groups is 6. The molecule has 0 unspecified atom stereocenters. The first-order chi connectivity index (χ1) is 17.8. The zero-order chi connectivity index (χ0) is 28.4. The molecule has 2 amide bonds. The van der Waals surface area contributed by atoms with Crippen LogP contribution >= 0.6 is 0 Å². The van der Waals surface area contributed by atoms with E-state index in [1.165, 1.54) is 33.9 Å². The minimum atomic E-state index is -1.35. The van der Waals surface area contributed by atoms with Crippen molar-refractivity contribution in [2.75, 3.05) is 33.2 Å². The number of hydrogen-bond acceptors (Lipinski definition) is 9. The summed E-state index contributed by atoms with van der Waals surface area (Å²) >= 11 is 0. The molecule has 0 bridgehead atoms. The standard InChI is InChI=1S/C21H27N7O10/c1-24(6-14-22-2-4-25(14)8-16(29)27(10-18(31)32)11-19(33)34)7-15-23-3-5-26(15)9-17(30)28(12-20(35)36)13-21(37)38/h2-5H,6-13H2,1H3,(H,31,32)(H,33,34)(H,35,36)(H,37,38). The summed E-state index contributed by atoms with van der Waals surface area (Å²) in [4.78, 5) is 80.5. The number of aromatic nitrogens is 4. The van der Waals surface area contributed by atoms with Gasteiger partial charge < -0.3 is 39.4 Å². The molecule has 0 aromatic carbocycles. The third-order valence-corrected chi connectivity index (χ3v) is 5.05. The largest absolute Gasteiger partial charge is 0.480 e. The Morgan fingerprint density at radius 1 is 0.658 bits per heavy atom. The molecule has 2 heterocycles. The lowest BCUT2D eigenvalue weighted by Crippen LogP contribution is -2.41. The molecule has 0 saturated carbocycles. The summed E-state index contributed by atoms with van der Waals surface area (Å²) < 4.78 is 2.89. The molecule has 0 fully saturated rings. The van der Waals surface area contributed by atoms with Gasteiger partial charge in [0, 0.05) is 24.8 Å². The van der Waals surface area contributed by atoms with Gasteiger partial charge in [0.25, 0.3) is 0 Å². The zero-order valence-corrected chi connectivity index (χ0v) is 20.3. The fourth-order valence-corrected chi connectivity index (χ4v) is 3.42. The first-order valence-electron chi connectivity index (χ1n) is 11.0. The van der Waals surface area contributed by atoms with E-state index in [1.54, 1.807) is 11.9 Å². The van der Waals surface area contributed by atoms with Crippen LogP contribution in [-0.2, 0) is 54.9 Å². The summed E-state index contributed by atoms with van der Waals surface area (Å²) in [7, 11) is 1.70. The highest BCUT2D eigenvalue weighted by Crippen LogP contribution is 2.09. The van der Waals surface area contributed by atoms with Crippen LogP contribution in [0.15, 0.2) is 24.8 Å². The van der Waals surface area contributed by atoms with Crippen molar-refractivity contribution in [1.82, 2.24) is 33.8 Å². The van der Waals surface area contributed by atoms with Crippen molar-refractivity contribution in [1.29, 1.82) is 0 Å². The Kier molecular flexibility index (Phi) is 10.4. The van der Waals surface area contributed by atoms with Crippen LogP contribution in [0.1, 0.15) is 11.6 Å². The van der Waals surface area contributed by atoms with Gasteiger partial charge in [0.2, 0.25) is 11.8 Å². The molecule has 38 heavy (non-hydrogen) atoms. The van der Waals surface area contributed by atoms with Crippen molar-refractivity contribution in [3.8, 4) is 0 Å². The Labute approximate surface area is 215 Å². The lowest BCUT2D eigenvalue weighted by Gasteiger charge is -2.21. The molecule has 0 spiro atoms. The molecule has 206 valence electrons. The van der Waals surface area contributed by atoms with Crippen LogP contribution in [0.5, 0.6) is 0 Å². The zero-order valence-electron chi connectivity index (χ0n) is 20.3. The van der Waals surface area contributed by atoms with Crippen LogP contribution in [0.25, 0.3) is 0 Å². The number of carboxylic acids is 4. The first-order valence-corrected chi connectivity index (χ1v) is 11.0. The summed E-state index contributed by atoms with van der Waals surface area (Å²) in [5.41, 5.74) is 0. The van der Waals surface area contributed by atoms with Gasteiger partial charge in [-0.2, -0.15) is 0 Å². The number of imidazole rings is 2. The summed E-state index contributed by atoms with van der Waals surface area (Å²) in [5, 5.41) is 35.8. The highest BCUT2D eigenvalue weighted by atomic mass is 16.4. The lowest BCUT2D eigenvalue weighted by molar-refractivity contribution is -0.150. The van der Waals surface area contributed by atoms with Gasteiger partial charge in [-0.05, 0) is 7.05 Å². The van der Waals surface area contributed by atoms with Crippen LogP contribution in [0.4, 0.5) is 0 Å². The highest BCUT2D eigenvalue weighted by Gasteiger charge is 2.23. The second kappa shape index (κ2) is 13.5. The maximum atomic E-state index is 12.5. The summed E-state index contributed by atoms with van der Waals surface area (Å²) in [6.45, 7) is -3.39. The van der Waals surface area contributed by atoms with Crippen molar-refractivity contribution < 1.29 is 49.2 Å². The van der Waals surface area contributed by atoms with E-state index in [4.69, 9.17) is 20.4 Å². The first kappa shape index (κ1) is 29.4. The highest BCUT2D eigenvalue weighted by molar-refractivity contribution is 5.85. The molecule has 0 aliphatic carbocycles. The Hall–Kier alpha value is -4.80. The number of nitrogens with zero attached hydrogens (tertiary/aromatic N) is 7. The molecule has 0 saturated heterocycles. The average molecular weight is 537 g/mol. The summed E-state index contributed by atoms with van der Waals surface area (Å²) in [6, 6.07) is 0. The van der Waals surface area contributed by atoms with Crippen LogP contribution < -0.4 is 0 Å². The number of rotatable bonds is 16. The molecule has 2 aromatic rings. The molecular formula is C21H27N7O10. The Morgan fingerprint density at radius 2 is 0.974 bits per heavy atom. The van der Waals surface area contributed by atoms with Gasteiger partial charge in [0.05, 0.1) is 13.1 Å². The molecule has 0 aliphatic heterocycles. The molecule has 0 aliphatic rings. The van der Waals surface area contributed by atoms with E-state index in [-0.39, 0.29) is 26.2 Å². The van der Waals surface area contributed by atoms with Crippen molar-refractivity contribution >= 4 is 35.7 Å². The van der Waals surface area contributed by atoms with Gasteiger partial charge in [-0.25, -0.2) is 9.97 Å². The fourth-order valence-electron chi connectivity index (χ4n) is 3.42. The smallest absolute Gasteiger partial charge is 0.323 e. The third kappa shape index (κ3) is 9.34. The monoisotopic (exact) mass is 537 g/mol. The number of aliphatic carboxylic acids is 4. The van der Waals surface area contributed by atoms with Crippen LogP contribution in [-0.4, -0.2) is 123 Å². The number of carboxylic acid groups (broad SMARTS) is 4. The van der Waals surface area contributed by atoms with Crippen LogP contribution in [0.3, 0.4) is 0 Å². The SMILES string of the molecule is CN(Cc1nccn1CC(=O)N(CC(=O)O)CC(=O)O)Cc1nccn1CC(=O)N(CC(=O)O)CC(=O)O. The second-order valence-electron chi connectivity index (χ2n) is 8.19. The average Bonchev–Trinajstić information content (AvgIpc) is 3.40. The van der Waals surface area contributed by atoms with E-state index in [0.29, 0.717) is 21.4 Å². The van der Waals surface area contributed by atoms with Crippen molar-refractivity contribution in [3.05, 3.63) is 36.4 Å². The van der Waals surface area contributed by atoms with E-state index in [1.807, 2.05) is 0 Å². The second-order valence-corrected chi connectivity index (χ2v) is 8.19. The third-order valence-electron chi connectivity index (χ3n) is 5.05. The minimum absolute atomic E-state index is 0.184. The van der Waals surface area contributed by atoms with E-state index in [2.05, 4.69) is 9.97 Å². The van der Waals surface area contributed by atoms with E-state index in [9.17, 15) is 28.8 Å². The Balaban J connectivity index is 2.05. The normalized spacial score (nSPS) is 10.8. The molecule has 2 rings (SSSR count). The van der Waals surface area contributed by atoms with Crippen molar-refractivity contribution in [2.45, 2.75) is 26.2 Å². The van der Waals surface area contributed by atoms with E-state index in [0.717, 1.165) is 0 Å². The maximum Gasteiger partial charge on any atom is 0.323 e.